The van der Waals surface area contributed by atoms with Gasteiger partial charge in [0, 0.05) is 5.41 Å². The highest BCUT2D eigenvalue weighted by atomic mass is 19.4. The number of aromatic nitrogens is 3. The predicted molar refractivity (Wildman–Crippen MR) is 133 cm³/mol. The fraction of sp³-hybridized carbons (Fsp3) is 0.481. The molecule has 7 nitrogen and oxygen atoms in total. The largest absolute Gasteiger partial charge is 0.416 e. The molecule has 0 aliphatic heterocycles. The number of ether oxygens (including phenoxy) is 1. The lowest BCUT2D eigenvalue weighted by Gasteiger charge is -2.41. The average Bonchev–Trinajstić information content (AvgIpc) is 3.34. The monoisotopic (exact) mass is 572 g/mol. The molecule has 13 heteroatoms. The lowest BCUT2D eigenvalue weighted by molar-refractivity contribution is -0.143. The Morgan fingerprint density at radius 3 is 2.15 bits per heavy atom. The zero-order chi connectivity index (χ0) is 29.0. The molecule has 0 bridgehead atoms. The first-order valence-electron chi connectivity index (χ1n) is 12.8. The van der Waals surface area contributed by atoms with Crippen molar-refractivity contribution in [3.63, 3.8) is 0 Å². The molecule has 4 rings (SSSR count). The molecule has 218 valence electrons. The van der Waals surface area contributed by atoms with E-state index in [1.165, 1.54) is 0 Å². The Balaban J connectivity index is 1.49. The van der Waals surface area contributed by atoms with Gasteiger partial charge in [0.25, 0.3) is 0 Å². The molecule has 1 fully saturated rings. The van der Waals surface area contributed by atoms with Crippen molar-refractivity contribution in [1.29, 1.82) is 0 Å². The van der Waals surface area contributed by atoms with Crippen molar-refractivity contribution in [2.24, 2.45) is 5.92 Å². The maximum absolute atomic E-state index is 13.4. The summed E-state index contributed by atoms with van der Waals surface area (Å²) in [7, 11) is 0. The molecule has 1 aliphatic rings. The first kappa shape index (κ1) is 29.8. The van der Waals surface area contributed by atoms with Gasteiger partial charge in [0.15, 0.2) is 0 Å². The maximum Gasteiger partial charge on any atom is 0.416 e. The van der Waals surface area contributed by atoms with Crippen LogP contribution >= 0.6 is 0 Å². The summed E-state index contributed by atoms with van der Waals surface area (Å²) in [5, 5.41) is 18.3. The van der Waals surface area contributed by atoms with E-state index in [-0.39, 0.29) is 18.2 Å². The van der Waals surface area contributed by atoms with Gasteiger partial charge in [-0.25, -0.2) is 9.89 Å². The number of nitrogens with zero attached hydrogens (tertiary/aromatic N) is 1. The van der Waals surface area contributed by atoms with E-state index in [2.05, 4.69) is 20.5 Å². The van der Waals surface area contributed by atoms with Gasteiger partial charge in [0.2, 0.25) is 0 Å². The van der Waals surface area contributed by atoms with E-state index < -0.39 is 47.3 Å². The molecule has 0 saturated heterocycles. The van der Waals surface area contributed by atoms with Gasteiger partial charge >= 0.3 is 18.0 Å². The molecule has 3 aromatic rings. The summed E-state index contributed by atoms with van der Waals surface area (Å²) in [6, 6.07) is 10.7. The maximum atomic E-state index is 13.4. The van der Waals surface area contributed by atoms with Crippen LogP contribution in [-0.4, -0.2) is 40.0 Å². The second kappa shape index (κ2) is 12.1. The molecule has 1 atom stereocenters. The first-order valence-corrected chi connectivity index (χ1v) is 12.8. The quantitative estimate of drug-likeness (QED) is 0.253. The second-order valence-corrected chi connectivity index (χ2v) is 10.2. The number of alkyl halides is 6. The van der Waals surface area contributed by atoms with Gasteiger partial charge < -0.3 is 15.2 Å². The molecular formula is C27H30F6N4O3. The third-order valence-corrected chi connectivity index (χ3v) is 7.43. The lowest BCUT2D eigenvalue weighted by Crippen LogP contribution is -2.39. The summed E-state index contributed by atoms with van der Waals surface area (Å²) < 4.78 is 86.3. The molecule has 4 N–H and O–H groups in total. The fourth-order valence-corrected chi connectivity index (χ4v) is 5.20. The van der Waals surface area contributed by atoms with E-state index in [4.69, 9.17) is 4.74 Å². The number of aliphatic hydroxyl groups excluding tert-OH is 1. The van der Waals surface area contributed by atoms with Gasteiger partial charge in [-0.15, -0.1) is 0 Å². The smallest absolute Gasteiger partial charge is 0.393 e. The van der Waals surface area contributed by atoms with Crippen molar-refractivity contribution in [3.8, 4) is 0 Å². The standard InChI is InChI=1S/C27H30F6N4O3/c28-26(29,30)20-10-18(11-21(12-20)27(31,32)33)22(15-38)40-16-25(19-4-2-1-3-5-19)8-6-17(7-9-25)13-34-14-23-35-24(39)37-36-23/h1-5,10-12,17,22,34,38H,6-9,13-16H2,(H2,35,36,37,39). The molecule has 1 saturated carbocycles. The molecule has 0 radical (unpaired) electrons. The van der Waals surface area contributed by atoms with Crippen molar-refractivity contribution < 1.29 is 36.2 Å². The van der Waals surface area contributed by atoms with E-state index in [0.29, 0.717) is 49.8 Å². The van der Waals surface area contributed by atoms with E-state index in [1.807, 2.05) is 30.3 Å². The van der Waals surface area contributed by atoms with Crippen LogP contribution in [0.1, 0.15) is 59.9 Å². The molecule has 1 aliphatic carbocycles. The zero-order valence-electron chi connectivity index (χ0n) is 21.4. The molecule has 1 unspecified atom stereocenters. The summed E-state index contributed by atoms with van der Waals surface area (Å²) in [5.74, 6) is 0.792. The van der Waals surface area contributed by atoms with Crippen molar-refractivity contribution in [3.05, 3.63) is 87.1 Å². The third-order valence-electron chi connectivity index (χ3n) is 7.43. The Morgan fingerprint density at radius 2 is 1.62 bits per heavy atom. The van der Waals surface area contributed by atoms with Crippen LogP contribution in [-0.2, 0) is 29.0 Å². The third kappa shape index (κ3) is 7.32. The van der Waals surface area contributed by atoms with Gasteiger partial charge in [0.1, 0.15) is 11.9 Å². The van der Waals surface area contributed by atoms with Crippen molar-refractivity contribution >= 4 is 0 Å². The number of rotatable bonds is 10. The molecule has 1 aromatic heterocycles. The minimum absolute atomic E-state index is 0.00842. The van der Waals surface area contributed by atoms with E-state index in [1.54, 1.807) is 0 Å². The van der Waals surface area contributed by atoms with Crippen LogP contribution in [0.2, 0.25) is 0 Å². The highest BCUT2D eigenvalue weighted by molar-refractivity contribution is 5.35. The van der Waals surface area contributed by atoms with Gasteiger partial charge in [-0.2, -0.15) is 31.3 Å². The van der Waals surface area contributed by atoms with Crippen LogP contribution in [0.3, 0.4) is 0 Å². The topological polar surface area (TPSA) is 103 Å². The minimum atomic E-state index is -5.00. The molecule has 0 spiro atoms. The molecular weight excluding hydrogens is 542 g/mol. The first-order chi connectivity index (χ1) is 18.9. The second-order valence-electron chi connectivity index (χ2n) is 10.2. The highest BCUT2D eigenvalue weighted by Crippen LogP contribution is 2.43. The Kier molecular flexibility index (Phi) is 9.06. The summed E-state index contributed by atoms with van der Waals surface area (Å²) >= 11 is 0. The van der Waals surface area contributed by atoms with Crippen molar-refractivity contribution in [1.82, 2.24) is 20.5 Å². The number of hydrogen-bond donors (Lipinski definition) is 4. The zero-order valence-corrected chi connectivity index (χ0v) is 21.4. The van der Waals surface area contributed by atoms with Crippen LogP contribution < -0.4 is 11.0 Å². The molecule has 40 heavy (non-hydrogen) atoms. The summed E-state index contributed by atoms with van der Waals surface area (Å²) in [5.41, 5.74) is -3.34. The Hall–Kier alpha value is -3.16. The Morgan fingerprint density at radius 1 is 1.00 bits per heavy atom. The van der Waals surface area contributed by atoms with Crippen LogP contribution in [0.5, 0.6) is 0 Å². The Labute approximate surface area is 226 Å². The van der Waals surface area contributed by atoms with Crippen molar-refractivity contribution in [2.75, 3.05) is 19.8 Å². The normalized spacial score (nSPS) is 20.9. The number of nitrogens with one attached hydrogen (secondary N) is 3. The number of aliphatic hydroxyl groups is 1. The molecule has 2 aromatic carbocycles. The summed E-state index contributed by atoms with van der Waals surface area (Å²) in [6.07, 6.45) is -8.48. The van der Waals surface area contributed by atoms with Crippen LogP contribution in [0, 0.1) is 5.92 Å². The van der Waals surface area contributed by atoms with Crippen molar-refractivity contribution in [2.45, 2.75) is 56.1 Å². The van der Waals surface area contributed by atoms with E-state index >= 15 is 0 Å². The van der Waals surface area contributed by atoms with E-state index in [9.17, 15) is 36.2 Å². The highest BCUT2D eigenvalue weighted by Gasteiger charge is 2.40. The number of aromatic amines is 2. The SMILES string of the molecule is O=c1nc(CNCC2CCC(COC(CO)c3cc(C(F)(F)F)cc(C(F)(F)F)c3)(c3ccccc3)CC2)[nH][nH]1. The Bertz CT molecular complexity index is 1270. The fourth-order valence-electron chi connectivity index (χ4n) is 5.20. The van der Waals surface area contributed by atoms with Gasteiger partial charge in [-0.05, 0) is 67.5 Å². The number of hydrogen-bond acceptors (Lipinski definition) is 5. The van der Waals surface area contributed by atoms with Gasteiger partial charge in [0.05, 0.1) is 30.9 Å². The lowest BCUT2D eigenvalue weighted by atomic mass is 9.67. The van der Waals surface area contributed by atoms with Crippen LogP contribution in [0.4, 0.5) is 26.3 Å². The average molecular weight is 573 g/mol. The molecule has 0 amide bonds. The van der Waals surface area contributed by atoms with Crippen LogP contribution in [0.15, 0.2) is 53.3 Å². The van der Waals surface area contributed by atoms with Gasteiger partial charge in [-0.1, -0.05) is 30.3 Å². The summed E-state index contributed by atoms with van der Waals surface area (Å²) in [6.45, 7) is 0.279. The predicted octanol–water partition coefficient (Wildman–Crippen LogP) is 5.10. The molecule has 1 heterocycles. The summed E-state index contributed by atoms with van der Waals surface area (Å²) in [4.78, 5) is 14.9. The number of H-pyrrole nitrogens is 2. The van der Waals surface area contributed by atoms with E-state index in [0.717, 1.165) is 18.4 Å². The minimum Gasteiger partial charge on any atom is -0.393 e. The number of halogens is 6. The van der Waals surface area contributed by atoms with Gasteiger partial charge in [-0.3, -0.25) is 5.10 Å². The van der Waals surface area contributed by atoms with Crippen LogP contribution in [0.25, 0.3) is 0 Å². The number of benzene rings is 2.